The molecule has 0 aromatic heterocycles. The number of carbonyl (C=O) groups is 1. The first-order valence-electron chi connectivity index (χ1n) is 8.90. The molecule has 22 heavy (non-hydrogen) atoms. The fourth-order valence-electron chi connectivity index (χ4n) is 5.32. The molecule has 2 nitrogen and oxygen atoms in total. The molecule has 3 aliphatic rings. The highest BCUT2D eigenvalue weighted by Gasteiger charge is 2.52. The molecule has 4 atom stereocenters. The molecule has 1 fully saturated rings. The number of cyclic esters (lactones) is 1. The summed E-state index contributed by atoms with van der Waals surface area (Å²) >= 11 is 0. The highest BCUT2D eigenvalue weighted by Crippen LogP contribution is 2.61. The van der Waals surface area contributed by atoms with Gasteiger partial charge in [-0.3, -0.25) is 0 Å². The van der Waals surface area contributed by atoms with Crippen molar-refractivity contribution in [3.63, 3.8) is 0 Å². The van der Waals surface area contributed by atoms with Crippen molar-refractivity contribution < 1.29 is 9.53 Å². The van der Waals surface area contributed by atoms with Crippen LogP contribution in [0.4, 0.5) is 0 Å². The lowest BCUT2D eigenvalue weighted by atomic mass is 9.47. The summed E-state index contributed by atoms with van der Waals surface area (Å²) in [6, 6.07) is 0. The third-order valence-electron chi connectivity index (χ3n) is 7.30. The first-order chi connectivity index (χ1) is 10.4. The molecule has 0 amide bonds. The first-order valence-corrected chi connectivity index (χ1v) is 8.90. The number of esters is 1. The summed E-state index contributed by atoms with van der Waals surface area (Å²) in [5, 5.41) is 0. The van der Waals surface area contributed by atoms with Crippen molar-refractivity contribution in [2.24, 2.45) is 22.7 Å². The SMILES string of the molecule is CC1=CCC[C@H]2[C@](C)(CCC3=CC(=O)OC3)[C@@H](C)CC[C@@]12C. The van der Waals surface area contributed by atoms with Crippen molar-refractivity contribution in [3.05, 3.63) is 23.3 Å². The molecule has 3 rings (SSSR count). The van der Waals surface area contributed by atoms with E-state index in [1.54, 1.807) is 11.6 Å². The maximum absolute atomic E-state index is 11.3. The lowest BCUT2D eigenvalue weighted by Gasteiger charge is -2.58. The Balaban J connectivity index is 1.81. The number of carbonyl (C=O) groups excluding carboxylic acids is 1. The summed E-state index contributed by atoms with van der Waals surface area (Å²) in [5.74, 6) is 1.38. The van der Waals surface area contributed by atoms with Crippen LogP contribution >= 0.6 is 0 Å². The average Bonchev–Trinajstić information content (AvgIpc) is 2.90. The van der Waals surface area contributed by atoms with E-state index in [9.17, 15) is 4.79 Å². The van der Waals surface area contributed by atoms with Crippen LogP contribution in [0.25, 0.3) is 0 Å². The van der Waals surface area contributed by atoms with Crippen molar-refractivity contribution in [1.29, 1.82) is 0 Å². The molecule has 0 N–H and O–H groups in total. The van der Waals surface area contributed by atoms with Crippen LogP contribution < -0.4 is 0 Å². The zero-order valence-electron chi connectivity index (χ0n) is 14.6. The van der Waals surface area contributed by atoms with Gasteiger partial charge in [0.15, 0.2) is 0 Å². The fourth-order valence-corrected chi connectivity index (χ4v) is 5.32. The van der Waals surface area contributed by atoms with Crippen LogP contribution in [-0.2, 0) is 9.53 Å². The van der Waals surface area contributed by atoms with Crippen molar-refractivity contribution in [2.45, 2.75) is 66.2 Å². The Kier molecular flexibility index (Phi) is 3.99. The molecule has 0 spiro atoms. The number of hydrogen-bond donors (Lipinski definition) is 0. The molecule has 0 unspecified atom stereocenters. The highest BCUT2D eigenvalue weighted by atomic mass is 16.5. The van der Waals surface area contributed by atoms with Gasteiger partial charge in [-0.05, 0) is 73.7 Å². The predicted octanol–water partition coefficient (Wildman–Crippen LogP) is 5.05. The molecule has 2 heteroatoms. The van der Waals surface area contributed by atoms with E-state index in [1.807, 2.05) is 0 Å². The minimum absolute atomic E-state index is 0.155. The zero-order valence-corrected chi connectivity index (χ0v) is 14.6. The molecular weight excluding hydrogens is 272 g/mol. The molecular formula is C20H30O2. The van der Waals surface area contributed by atoms with E-state index in [4.69, 9.17) is 4.74 Å². The summed E-state index contributed by atoms with van der Waals surface area (Å²) in [4.78, 5) is 11.3. The Morgan fingerprint density at radius 1 is 1.32 bits per heavy atom. The van der Waals surface area contributed by atoms with E-state index < -0.39 is 0 Å². The largest absolute Gasteiger partial charge is 0.458 e. The monoisotopic (exact) mass is 302 g/mol. The zero-order chi connectivity index (χ0) is 16.0. The molecule has 1 aliphatic heterocycles. The van der Waals surface area contributed by atoms with E-state index in [2.05, 4.69) is 33.8 Å². The Bertz CT molecular complexity index is 530. The summed E-state index contributed by atoms with van der Waals surface area (Å²) in [6.07, 6.45) is 11.6. The molecule has 0 bridgehead atoms. The van der Waals surface area contributed by atoms with Gasteiger partial charge in [-0.2, -0.15) is 0 Å². The predicted molar refractivity (Wildman–Crippen MR) is 89.4 cm³/mol. The Morgan fingerprint density at radius 2 is 2.09 bits per heavy atom. The fraction of sp³-hybridized carbons (Fsp3) is 0.750. The molecule has 0 saturated heterocycles. The summed E-state index contributed by atoms with van der Waals surface area (Å²) < 4.78 is 5.07. The lowest BCUT2D eigenvalue weighted by molar-refractivity contribution is -0.134. The minimum Gasteiger partial charge on any atom is -0.458 e. The number of ether oxygens (including phenoxy) is 1. The Labute approximate surface area is 135 Å². The molecule has 2 aliphatic carbocycles. The molecule has 0 aromatic rings. The van der Waals surface area contributed by atoms with Gasteiger partial charge in [-0.15, -0.1) is 0 Å². The quantitative estimate of drug-likeness (QED) is 0.539. The van der Waals surface area contributed by atoms with Crippen LogP contribution in [0.3, 0.4) is 0 Å². The smallest absolute Gasteiger partial charge is 0.331 e. The highest BCUT2D eigenvalue weighted by molar-refractivity contribution is 5.85. The molecule has 122 valence electrons. The summed E-state index contributed by atoms with van der Waals surface area (Å²) in [7, 11) is 0. The van der Waals surface area contributed by atoms with Gasteiger partial charge in [0.2, 0.25) is 0 Å². The normalized spacial score (nSPS) is 41.5. The Hall–Kier alpha value is -1.05. The molecule has 0 aromatic carbocycles. The van der Waals surface area contributed by atoms with Gasteiger partial charge < -0.3 is 4.74 Å². The van der Waals surface area contributed by atoms with Gasteiger partial charge in [0, 0.05) is 6.08 Å². The van der Waals surface area contributed by atoms with Gasteiger partial charge in [0.05, 0.1) is 0 Å². The van der Waals surface area contributed by atoms with Gasteiger partial charge in [0.25, 0.3) is 0 Å². The van der Waals surface area contributed by atoms with Crippen LogP contribution in [0.1, 0.15) is 66.2 Å². The second-order valence-electron chi connectivity index (χ2n) is 8.29. The van der Waals surface area contributed by atoms with Crippen molar-refractivity contribution in [1.82, 2.24) is 0 Å². The second-order valence-corrected chi connectivity index (χ2v) is 8.29. The van der Waals surface area contributed by atoms with E-state index in [1.165, 1.54) is 37.7 Å². The Morgan fingerprint density at radius 3 is 2.77 bits per heavy atom. The van der Waals surface area contributed by atoms with Crippen molar-refractivity contribution in [2.75, 3.05) is 6.61 Å². The third-order valence-corrected chi connectivity index (χ3v) is 7.30. The maximum atomic E-state index is 11.3. The number of fused-ring (bicyclic) bond motifs is 1. The van der Waals surface area contributed by atoms with Gasteiger partial charge in [-0.1, -0.05) is 32.4 Å². The van der Waals surface area contributed by atoms with Crippen LogP contribution in [0.2, 0.25) is 0 Å². The van der Waals surface area contributed by atoms with Crippen LogP contribution in [0, 0.1) is 22.7 Å². The molecule has 1 saturated carbocycles. The summed E-state index contributed by atoms with van der Waals surface area (Å²) in [5.41, 5.74) is 3.56. The van der Waals surface area contributed by atoms with Crippen LogP contribution in [0.5, 0.6) is 0 Å². The maximum Gasteiger partial charge on any atom is 0.331 e. The number of hydrogen-bond acceptors (Lipinski definition) is 2. The van der Waals surface area contributed by atoms with Gasteiger partial charge in [-0.25, -0.2) is 4.79 Å². The molecule has 1 heterocycles. The van der Waals surface area contributed by atoms with Gasteiger partial charge in [0.1, 0.15) is 6.61 Å². The molecule has 0 radical (unpaired) electrons. The van der Waals surface area contributed by atoms with Crippen LogP contribution in [-0.4, -0.2) is 12.6 Å². The van der Waals surface area contributed by atoms with E-state index in [0.717, 1.165) is 18.3 Å². The van der Waals surface area contributed by atoms with Crippen LogP contribution in [0.15, 0.2) is 23.3 Å². The average molecular weight is 302 g/mol. The lowest BCUT2D eigenvalue weighted by Crippen LogP contribution is -2.49. The van der Waals surface area contributed by atoms with Gasteiger partial charge >= 0.3 is 5.97 Å². The first kappa shape index (κ1) is 15.8. The summed E-state index contributed by atoms with van der Waals surface area (Å²) in [6.45, 7) is 10.3. The van der Waals surface area contributed by atoms with Crippen molar-refractivity contribution >= 4 is 5.97 Å². The topological polar surface area (TPSA) is 26.3 Å². The second kappa shape index (κ2) is 5.54. The number of rotatable bonds is 3. The third kappa shape index (κ3) is 2.45. The minimum atomic E-state index is -0.155. The van der Waals surface area contributed by atoms with E-state index in [0.29, 0.717) is 17.4 Å². The van der Waals surface area contributed by atoms with E-state index in [-0.39, 0.29) is 5.97 Å². The van der Waals surface area contributed by atoms with Crippen molar-refractivity contribution in [3.8, 4) is 0 Å². The van der Waals surface area contributed by atoms with E-state index >= 15 is 0 Å². The number of allylic oxidation sites excluding steroid dienone is 2. The standard InChI is InChI=1S/C20H30O2/c1-14-6-5-7-17-19(14,3)10-8-15(2)20(17,4)11-9-16-12-18(21)22-13-16/h6,12,15,17H,5,7-11,13H2,1-4H3/t15-,17+,19-,20+/m0/s1.